The number of carbonyl (C=O) groups is 1. The average Bonchev–Trinajstić information content (AvgIpc) is 2.30. The first-order chi connectivity index (χ1) is 7.29. The minimum atomic E-state index is -0.724. The normalized spacial score (nSPS) is 29.1. The van der Waals surface area contributed by atoms with Crippen molar-refractivity contribution in [2.24, 2.45) is 5.92 Å². The lowest BCUT2D eigenvalue weighted by molar-refractivity contribution is 0.0737. The minimum Gasteiger partial charge on any atom is -0.465 e. The van der Waals surface area contributed by atoms with Crippen LogP contribution in [0.2, 0.25) is 0 Å². The van der Waals surface area contributed by atoms with Gasteiger partial charge in [-0.1, -0.05) is 0 Å². The fourth-order valence-electron chi connectivity index (χ4n) is 2.91. The van der Waals surface area contributed by atoms with Crippen LogP contribution in [0.15, 0.2) is 0 Å². The zero-order chi connectivity index (χ0) is 10.7. The van der Waals surface area contributed by atoms with E-state index in [9.17, 15) is 4.79 Å². The van der Waals surface area contributed by atoms with Gasteiger partial charge in [-0.3, -0.25) is 0 Å². The number of amides is 1. The molecule has 2 heterocycles. The molecule has 4 heteroatoms. The fourth-order valence-corrected chi connectivity index (χ4v) is 2.91. The smallest absolute Gasteiger partial charge is 0.407 e. The van der Waals surface area contributed by atoms with E-state index in [1.54, 1.807) is 4.90 Å². The number of hydrogen-bond acceptors (Lipinski definition) is 2. The first-order valence-electron chi connectivity index (χ1n) is 5.99. The van der Waals surface area contributed by atoms with E-state index >= 15 is 0 Å². The maximum Gasteiger partial charge on any atom is 0.407 e. The number of nitrogens with one attached hydrogen (secondary N) is 1. The van der Waals surface area contributed by atoms with Crippen LogP contribution in [0.5, 0.6) is 0 Å². The quantitative estimate of drug-likeness (QED) is 0.693. The topological polar surface area (TPSA) is 52.6 Å². The van der Waals surface area contributed by atoms with Crippen molar-refractivity contribution in [3.63, 3.8) is 0 Å². The summed E-state index contributed by atoms with van der Waals surface area (Å²) in [6, 6.07) is 0.290. The number of rotatable bonds is 1. The van der Waals surface area contributed by atoms with Crippen LogP contribution in [-0.2, 0) is 0 Å². The first kappa shape index (κ1) is 10.7. The third kappa shape index (κ3) is 2.43. The third-order valence-corrected chi connectivity index (χ3v) is 3.72. The van der Waals surface area contributed by atoms with Crippen molar-refractivity contribution in [2.75, 3.05) is 19.6 Å². The Morgan fingerprint density at radius 1 is 1.20 bits per heavy atom. The van der Waals surface area contributed by atoms with Crippen molar-refractivity contribution < 1.29 is 9.90 Å². The highest BCUT2D eigenvalue weighted by Gasteiger charge is 2.33. The van der Waals surface area contributed by atoms with Crippen LogP contribution < -0.4 is 5.32 Å². The predicted octanol–water partition coefficient (Wildman–Crippen LogP) is 1.52. The van der Waals surface area contributed by atoms with E-state index < -0.39 is 6.09 Å². The van der Waals surface area contributed by atoms with Gasteiger partial charge in [-0.25, -0.2) is 4.79 Å². The molecule has 2 aliphatic rings. The maximum atomic E-state index is 11.1. The lowest BCUT2D eigenvalue weighted by Gasteiger charge is -2.40. The molecule has 0 aromatic carbocycles. The Balaban J connectivity index is 1.99. The van der Waals surface area contributed by atoms with Crippen LogP contribution in [0.25, 0.3) is 0 Å². The Morgan fingerprint density at radius 2 is 1.93 bits per heavy atom. The van der Waals surface area contributed by atoms with Gasteiger partial charge in [-0.05, 0) is 51.1 Å². The summed E-state index contributed by atoms with van der Waals surface area (Å²) >= 11 is 0. The molecule has 1 unspecified atom stereocenters. The molecule has 86 valence electrons. The molecule has 0 radical (unpaired) electrons. The molecule has 1 atom stereocenters. The second-order valence-corrected chi connectivity index (χ2v) is 4.63. The lowest BCUT2D eigenvalue weighted by atomic mass is 9.84. The van der Waals surface area contributed by atoms with Crippen molar-refractivity contribution in [2.45, 2.75) is 38.1 Å². The lowest BCUT2D eigenvalue weighted by Crippen LogP contribution is -2.49. The van der Waals surface area contributed by atoms with Crippen LogP contribution in [0, 0.1) is 5.92 Å². The highest BCUT2D eigenvalue weighted by molar-refractivity contribution is 5.65. The van der Waals surface area contributed by atoms with Gasteiger partial charge in [0.25, 0.3) is 0 Å². The van der Waals surface area contributed by atoms with Crippen LogP contribution in [0.3, 0.4) is 0 Å². The Labute approximate surface area is 90.6 Å². The van der Waals surface area contributed by atoms with Crippen LogP contribution in [0.4, 0.5) is 4.79 Å². The first-order valence-corrected chi connectivity index (χ1v) is 5.99. The molecule has 0 saturated carbocycles. The van der Waals surface area contributed by atoms with E-state index in [2.05, 4.69) is 5.32 Å². The molecule has 0 aromatic rings. The number of hydrogen-bond donors (Lipinski definition) is 2. The molecule has 2 saturated heterocycles. The highest BCUT2D eigenvalue weighted by Crippen LogP contribution is 2.28. The zero-order valence-corrected chi connectivity index (χ0v) is 9.11. The summed E-state index contributed by atoms with van der Waals surface area (Å²) in [7, 11) is 0. The molecule has 1 amide bonds. The molecule has 4 nitrogen and oxygen atoms in total. The molecular weight excluding hydrogens is 192 g/mol. The van der Waals surface area contributed by atoms with Gasteiger partial charge < -0.3 is 15.3 Å². The Hall–Kier alpha value is -0.770. The van der Waals surface area contributed by atoms with E-state index in [4.69, 9.17) is 5.11 Å². The van der Waals surface area contributed by atoms with Crippen molar-refractivity contribution >= 4 is 6.09 Å². The molecule has 2 aliphatic heterocycles. The Kier molecular flexibility index (Phi) is 3.46. The fraction of sp³-hybridized carbons (Fsp3) is 0.909. The monoisotopic (exact) mass is 212 g/mol. The van der Waals surface area contributed by atoms with Gasteiger partial charge in [0, 0.05) is 12.6 Å². The van der Waals surface area contributed by atoms with Crippen LogP contribution in [-0.4, -0.2) is 41.8 Å². The van der Waals surface area contributed by atoms with Crippen molar-refractivity contribution in [1.29, 1.82) is 0 Å². The van der Waals surface area contributed by atoms with Crippen molar-refractivity contribution in [3.05, 3.63) is 0 Å². The van der Waals surface area contributed by atoms with E-state index in [0.29, 0.717) is 12.0 Å². The summed E-state index contributed by atoms with van der Waals surface area (Å²) < 4.78 is 0. The van der Waals surface area contributed by atoms with Crippen LogP contribution >= 0.6 is 0 Å². The number of nitrogens with zero attached hydrogens (tertiary/aromatic N) is 1. The van der Waals surface area contributed by atoms with E-state index in [1.807, 2.05) is 0 Å². The average molecular weight is 212 g/mol. The maximum absolute atomic E-state index is 11.1. The summed E-state index contributed by atoms with van der Waals surface area (Å²) in [6.07, 6.45) is 4.84. The van der Waals surface area contributed by atoms with Gasteiger partial charge in [0.15, 0.2) is 0 Å². The molecule has 2 N–H and O–H groups in total. The predicted molar refractivity (Wildman–Crippen MR) is 58.0 cm³/mol. The minimum absolute atomic E-state index is 0.290. The van der Waals surface area contributed by atoms with Gasteiger partial charge >= 0.3 is 6.09 Å². The summed E-state index contributed by atoms with van der Waals surface area (Å²) in [4.78, 5) is 12.8. The molecule has 0 spiro atoms. The number of piperidine rings is 2. The number of carboxylic acid groups (broad SMARTS) is 1. The summed E-state index contributed by atoms with van der Waals surface area (Å²) in [5.41, 5.74) is 0. The molecule has 0 bridgehead atoms. The molecule has 0 aliphatic carbocycles. The Bertz CT molecular complexity index is 227. The second kappa shape index (κ2) is 4.84. The van der Waals surface area contributed by atoms with Gasteiger partial charge in [0.2, 0.25) is 0 Å². The molecular formula is C11H20N2O2. The van der Waals surface area contributed by atoms with E-state index in [0.717, 1.165) is 45.3 Å². The van der Waals surface area contributed by atoms with Gasteiger partial charge in [-0.15, -0.1) is 0 Å². The van der Waals surface area contributed by atoms with Gasteiger partial charge in [0.1, 0.15) is 0 Å². The van der Waals surface area contributed by atoms with Crippen molar-refractivity contribution in [3.8, 4) is 0 Å². The zero-order valence-electron chi connectivity index (χ0n) is 9.11. The second-order valence-electron chi connectivity index (χ2n) is 4.63. The van der Waals surface area contributed by atoms with Crippen LogP contribution in [0.1, 0.15) is 32.1 Å². The highest BCUT2D eigenvalue weighted by atomic mass is 16.4. The molecule has 0 aromatic heterocycles. The molecule has 2 rings (SSSR count). The van der Waals surface area contributed by atoms with E-state index in [1.165, 1.54) is 6.42 Å². The Morgan fingerprint density at radius 3 is 2.60 bits per heavy atom. The van der Waals surface area contributed by atoms with Gasteiger partial charge in [-0.2, -0.15) is 0 Å². The third-order valence-electron chi connectivity index (χ3n) is 3.72. The van der Waals surface area contributed by atoms with Gasteiger partial charge in [0.05, 0.1) is 0 Å². The summed E-state index contributed by atoms with van der Waals surface area (Å²) in [5.74, 6) is 0.586. The van der Waals surface area contributed by atoms with E-state index in [-0.39, 0.29) is 0 Å². The molecule has 2 fully saturated rings. The SMILES string of the molecule is O=C(O)N1CCCCC1C1CCNCC1. The van der Waals surface area contributed by atoms with Crippen molar-refractivity contribution in [1.82, 2.24) is 10.2 Å². The molecule has 15 heavy (non-hydrogen) atoms. The summed E-state index contributed by atoms with van der Waals surface area (Å²) in [6.45, 7) is 2.84. The number of likely N-dealkylation sites (tertiary alicyclic amines) is 1. The standard InChI is InChI=1S/C11H20N2O2/c14-11(15)13-8-2-1-3-10(13)9-4-6-12-7-5-9/h9-10,12H,1-8H2,(H,14,15). The summed E-state index contributed by atoms with van der Waals surface area (Å²) in [5, 5.41) is 12.5. The largest absolute Gasteiger partial charge is 0.465 e.